The van der Waals surface area contributed by atoms with Gasteiger partial charge in [0.2, 0.25) is 0 Å². The molecule has 0 aliphatic carbocycles. The number of esters is 1. The molecule has 0 fully saturated rings. The number of aliphatic hydroxyl groups excluding tert-OH is 1. The molecular formula is C25H30N6O9. The quantitative estimate of drug-likeness (QED) is 0.165. The molecule has 2 heterocycles. The number of anilines is 1. The number of rotatable bonds is 10. The van der Waals surface area contributed by atoms with Crippen molar-refractivity contribution in [3.05, 3.63) is 63.5 Å². The van der Waals surface area contributed by atoms with Gasteiger partial charge in [-0.05, 0) is 36.4 Å². The molecule has 15 nitrogen and oxygen atoms in total. The van der Waals surface area contributed by atoms with E-state index in [1.54, 1.807) is 24.9 Å². The Bertz CT molecular complexity index is 1390. The van der Waals surface area contributed by atoms with Crippen LogP contribution in [-0.4, -0.2) is 82.6 Å². The summed E-state index contributed by atoms with van der Waals surface area (Å²) in [7, 11) is 7.11. The molecule has 1 aliphatic heterocycles. The lowest BCUT2D eigenvalue weighted by molar-refractivity contribution is -0.385. The van der Waals surface area contributed by atoms with Crippen molar-refractivity contribution < 1.29 is 38.5 Å². The van der Waals surface area contributed by atoms with Crippen LogP contribution in [0.25, 0.3) is 0 Å². The number of hydrogen-bond acceptors (Lipinski definition) is 13. The zero-order chi connectivity index (χ0) is 29.2. The molecule has 214 valence electrons. The summed E-state index contributed by atoms with van der Waals surface area (Å²) in [4.78, 5) is 26.4. The topological polar surface area (TPSA) is 173 Å². The van der Waals surface area contributed by atoms with Crippen molar-refractivity contribution >= 4 is 17.3 Å². The van der Waals surface area contributed by atoms with Crippen molar-refractivity contribution in [3.63, 3.8) is 0 Å². The first kappa shape index (κ1) is 28.7. The van der Waals surface area contributed by atoms with E-state index in [1.807, 2.05) is 0 Å². The number of fused-ring (bicyclic) bond motifs is 1. The second-order valence-electron chi connectivity index (χ2n) is 9.16. The predicted molar refractivity (Wildman–Crippen MR) is 138 cm³/mol. The third kappa shape index (κ3) is 5.13. The summed E-state index contributed by atoms with van der Waals surface area (Å²) in [6.45, 7) is 1.59. The summed E-state index contributed by atoms with van der Waals surface area (Å²) in [5.41, 5.74) is -0.727. The Morgan fingerprint density at radius 2 is 1.95 bits per heavy atom. The van der Waals surface area contributed by atoms with Gasteiger partial charge in [-0.25, -0.2) is 4.79 Å². The van der Waals surface area contributed by atoms with E-state index in [2.05, 4.69) is 15.4 Å². The normalized spacial score (nSPS) is 20.0. The first-order valence-electron chi connectivity index (χ1n) is 12.0. The van der Waals surface area contributed by atoms with E-state index in [0.29, 0.717) is 11.3 Å². The van der Waals surface area contributed by atoms with E-state index < -0.39 is 34.9 Å². The maximum Gasteiger partial charge on any atom is 0.337 e. The lowest BCUT2D eigenvalue weighted by Gasteiger charge is -2.49. The van der Waals surface area contributed by atoms with Crippen LogP contribution in [-0.2, 0) is 27.8 Å². The minimum absolute atomic E-state index is 0.0215. The molecule has 15 heteroatoms. The Labute approximate surface area is 229 Å². The molecule has 40 heavy (non-hydrogen) atoms. The molecule has 3 atom stereocenters. The molecule has 2 aromatic carbocycles. The van der Waals surface area contributed by atoms with Crippen molar-refractivity contribution in [2.75, 3.05) is 33.3 Å². The van der Waals surface area contributed by atoms with Crippen molar-refractivity contribution in [1.29, 1.82) is 0 Å². The number of carbonyl (C=O) groups excluding carboxylic acids is 1. The van der Waals surface area contributed by atoms with Crippen LogP contribution >= 0.6 is 0 Å². The number of non-ortho nitro benzene ring substituents is 1. The van der Waals surface area contributed by atoms with Crippen LogP contribution in [0.4, 0.5) is 11.4 Å². The highest BCUT2D eigenvalue weighted by Crippen LogP contribution is 2.49. The average Bonchev–Trinajstić information content (AvgIpc) is 3.36. The smallest absolute Gasteiger partial charge is 0.337 e. The number of aromatic nitrogens is 4. The van der Waals surface area contributed by atoms with Gasteiger partial charge in [-0.3, -0.25) is 10.1 Å². The molecule has 3 aromatic rings. The molecule has 1 aliphatic rings. The Morgan fingerprint density at radius 1 is 1.23 bits per heavy atom. The van der Waals surface area contributed by atoms with Crippen molar-refractivity contribution in [1.82, 2.24) is 20.2 Å². The Kier molecular flexibility index (Phi) is 8.18. The zero-order valence-electron chi connectivity index (χ0n) is 22.8. The number of nitro groups is 1. The van der Waals surface area contributed by atoms with E-state index in [-0.39, 0.29) is 35.1 Å². The largest absolute Gasteiger partial charge is 0.495 e. The van der Waals surface area contributed by atoms with Gasteiger partial charge in [0.05, 0.1) is 50.0 Å². The Hall–Kier alpha value is -4.34. The monoisotopic (exact) mass is 558 g/mol. The van der Waals surface area contributed by atoms with E-state index in [1.165, 1.54) is 63.6 Å². The van der Waals surface area contributed by atoms with Gasteiger partial charge in [0, 0.05) is 31.9 Å². The number of nitrogens with zero attached hydrogens (tertiary/aromatic N) is 6. The van der Waals surface area contributed by atoms with Crippen LogP contribution in [0.2, 0.25) is 0 Å². The van der Waals surface area contributed by atoms with Gasteiger partial charge in [0.15, 0.2) is 17.7 Å². The molecule has 0 spiro atoms. The minimum Gasteiger partial charge on any atom is -0.495 e. The lowest BCUT2D eigenvalue weighted by Crippen LogP contribution is -2.62. The van der Waals surface area contributed by atoms with E-state index in [0.717, 1.165) is 0 Å². The average molecular weight is 559 g/mol. The SMILES string of the molecule is COC(=O)c1ccc(N(Cc2nnn(C)n2)[C@H]2c3cc([N+](=O)[O-])ccc3O[C@](C)(C(OC)OC)[C@@H]2O)c(OC)c1. The number of aryl methyl sites for hydroxylation is 1. The molecule has 1 N–H and O–H groups in total. The van der Waals surface area contributed by atoms with Gasteiger partial charge in [0.1, 0.15) is 17.6 Å². The van der Waals surface area contributed by atoms with Crippen LogP contribution < -0.4 is 14.4 Å². The second kappa shape index (κ2) is 11.4. The van der Waals surface area contributed by atoms with Gasteiger partial charge in [-0.2, -0.15) is 4.80 Å². The fourth-order valence-corrected chi connectivity index (χ4v) is 4.88. The molecule has 1 aromatic heterocycles. The van der Waals surface area contributed by atoms with Crippen LogP contribution in [0.1, 0.15) is 34.7 Å². The van der Waals surface area contributed by atoms with Crippen LogP contribution in [0.15, 0.2) is 36.4 Å². The number of nitro benzene ring substituents is 1. The summed E-state index contributed by atoms with van der Waals surface area (Å²) in [5.74, 6) is 0.234. The highest BCUT2D eigenvalue weighted by atomic mass is 16.7. The van der Waals surface area contributed by atoms with Crippen molar-refractivity contribution in [2.24, 2.45) is 7.05 Å². The summed E-state index contributed by atoms with van der Waals surface area (Å²) < 4.78 is 27.7. The van der Waals surface area contributed by atoms with Crippen LogP contribution in [0.3, 0.4) is 0 Å². The van der Waals surface area contributed by atoms with Crippen molar-refractivity contribution in [3.8, 4) is 11.5 Å². The Balaban J connectivity index is 1.98. The van der Waals surface area contributed by atoms with Crippen LogP contribution in [0.5, 0.6) is 11.5 Å². The molecule has 4 rings (SSSR count). The number of carbonyl (C=O) groups is 1. The highest BCUT2D eigenvalue weighted by molar-refractivity contribution is 5.90. The number of tetrazole rings is 1. The van der Waals surface area contributed by atoms with Crippen LogP contribution in [0, 0.1) is 10.1 Å². The zero-order valence-corrected chi connectivity index (χ0v) is 22.8. The molecule has 0 saturated carbocycles. The standard InChI is InChI=1S/C25H30N6O9/c1-25(24(38-5)39-6)22(32)21(16-12-15(31(34)35)8-10-18(16)40-25)30(13-20-26-28-29(2)27-20)17-9-7-14(23(33)37-4)11-19(17)36-3/h7-12,21-22,24,32H,13H2,1-6H3/t21-,22+,25-/m0/s1. The molecule has 0 bridgehead atoms. The number of aliphatic hydroxyl groups is 1. The van der Waals surface area contributed by atoms with Gasteiger partial charge >= 0.3 is 5.97 Å². The Morgan fingerprint density at radius 3 is 2.52 bits per heavy atom. The molecular weight excluding hydrogens is 528 g/mol. The maximum atomic E-state index is 12.2. The predicted octanol–water partition coefficient (Wildman–Crippen LogP) is 1.79. The van der Waals surface area contributed by atoms with E-state index in [9.17, 15) is 20.0 Å². The lowest BCUT2D eigenvalue weighted by atomic mass is 9.83. The first-order valence-corrected chi connectivity index (χ1v) is 12.0. The third-order valence-electron chi connectivity index (χ3n) is 6.74. The summed E-state index contributed by atoms with van der Waals surface area (Å²) in [6, 6.07) is 7.74. The van der Waals surface area contributed by atoms with E-state index in [4.69, 9.17) is 23.7 Å². The molecule has 0 unspecified atom stereocenters. The summed E-state index contributed by atoms with van der Waals surface area (Å²) >= 11 is 0. The number of benzene rings is 2. The number of methoxy groups -OCH3 is 4. The fourth-order valence-electron chi connectivity index (χ4n) is 4.88. The minimum atomic E-state index is -1.48. The molecule has 0 saturated heterocycles. The highest BCUT2D eigenvalue weighted by Gasteiger charge is 2.54. The number of ether oxygens (including phenoxy) is 5. The van der Waals surface area contributed by atoms with Gasteiger partial charge < -0.3 is 33.7 Å². The van der Waals surface area contributed by atoms with Gasteiger partial charge in [-0.15, -0.1) is 10.2 Å². The number of hydrogen-bond donors (Lipinski definition) is 1. The third-order valence-corrected chi connectivity index (χ3v) is 6.74. The summed E-state index contributed by atoms with van der Waals surface area (Å²) in [5, 5.41) is 36.0. The maximum absolute atomic E-state index is 12.2. The van der Waals surface area contributed by atoms with E-state index >= 15 is 0 Å². The van der Waals surface area contributed by atoms with Gasteiger partial charge in [-0.1, -0.05) is 0 Å². The van der Waals surface area contributed by atoms with Gasteiger partial charge in [0.25, 0.3) is 5.69 Å². The first-order chi connectivity index (χ1) is 19.1. The fraction of sp³-hybridized carbons (Fsp3) is 0.440. The van der Waals surface area contributed by atoms with Crippen molar-refractivity contribution in [2.45, 2.75) is 37.5 Å². The summed E-state index contributed by atoms with van der Waals surface area (Å²) in [6.07, 6.45) is -2.43. The molecule has 0 radical (unpaired) electrons. The molecule has 0 amide bonds. The second-order valence-corrected chi connectivity index (χ2v) is 9.16.